The summed E-state index contributed by atoms with van der Waals surface area (Å²) in [6.45, 7) is 1.29. The predicted octanol–water partition coefficient (Wildman–Crippen LogP) is 6.84. The molecule has 18 rings (SSSR count). The molecule has 16 atom stereocenters. The molecule has 4 aliphatic heterocycles. The largest absolute Gasteiger partial charge is 0.497 e. The summed E-state index contributed by atoms with van der Waals surface area (Å²) in [4.78, 5) is 74.0. The summed E-state index contributed by atoms with van der Waals surface area (Å²) in [6.07, 6.45) is 16.6. The zero-order valence-corrected chi connectivity index (χ0v) is 66.4. The number of carboxylic acid groups (broad SMARTS) is 1. The highest BCUT2D eigenvalue weighted by Crippen LogP contribution is 2.63. The van der Waals surface area contributed by atoms with Crippen molar-refractivity contribution in [2.45, 2.75) is 171 Å². The second-order valence-corrected chi connectivity index (χ2v) is 34.2. The third kappa shape index (κ3) is 13.6. The Morgan fingerprint density at radius 2 is 1.29 bits per heavy atom. The van der Waals surface area contributed by atoms with Gasteiger partial charge in [0.05, 0.1) is 51.2 Å². The summed E-state index contributed by atoms with van der Waals surface area (Å²) < 4.78 is 83.7. The van der Waals surface area contributed by atoms with Gasteiger partial charge in [-0.25, -0.2) is 4.79 Å². The molecule has 0 aromatic heterocycles. The van der Waals surface area contributed by atoms with Crippen molar-refractivity contribution in [1.29, 1.82) is 0 Å². The van der Waals surface area contributed by atoms with E-state index in [1.807, 2.05) is 44.2 Å². The highest BCUT2D eigenvalue weighted by atomic mass is 32.2. The first-order valence-corrected chi connectivity index (χ1v) is 42.1. The molecule has 4 aromatic rings. The lowest BCUT2D eigenvalue weighted by atomic mass is 9.62. The minimum Gasteiger partial charge on any atom is -0.497 e. The zero-order chi connectivity index (χ0) is 83.8. The average molecular weight is 1650 g/mol. The molecule has 0 saturated heterocycles. The fourth-order valence-corrected chi connectivity index (χ4v) is 21.0. The number of Topliss-reactive ketones (excluding diaryl/α,β-unsaturated/α-hetero) is 4. The fraction of sp³-hybridized carbons (Fsp3) is 0.418. The Labute approximate surface area is 682 Å². The van der Waals surface area contributed by atoms with Gasteiger partial charge in [0.2, 0.25) is 0 Å². The number of benzene rings is 4. The molecule has 16 unspecified atom stereocenters. The Hall–Kier alpha value is -10.0. The quantitative estimate of drug-likeness (QED) is 0.0218. The van der Waals surface area contributed by atoms with E-state index in [0.717, 1.165) is 31.8 Å². The Bertz CT molecular complexity index is 5810. The van der Waals surface area contributed by atoms with E-state index >= 15 is 9.59 Å². The van der Waals surface area contributed by atoms with Gasteiger partial charge in [-0.1, -0.05) is 44.2 Å². The van der Waals surface area contributed by atoms with Crippen molar-refractivity contribution < 1.29 is 131 Å². The number of ether oxygens (including phenoxy) is 8. The van der Waals surface area contributed by atoms with E-state index in [4.69, 9.17) is 37.9 Å². The zero-order valence-electron chi connectivity index (χ0n) is 65.6. The molecule has 119 heavy (non-hydrogen) atoms. The lowest BCUT2D eigenvalue weighted by molar-refractivity contribution is -0.186. The number of aliphatic carboxylic acids is 1. The van der Waals surface area contributed by atoms with Crippen molar-refractivity contribution in [3.05, 3.63) is 208 Å². The molecule has 0 bridgehead atoms. The minimum absolute atomic E-state index is 0.00861. The Balaban J connectivity index is 0.000000170. The van der Waals surface area contributed by atoms with Gasteiger partial charge < -0.3 is 94.1 Å². The van der Waals surface area contributed by atoms with E-state index in [1.54, 1.807) is 30.4 Å². The van der Waals surface area contributed by atoms with Gasteiger partial charge in [0, 0.05) is 109 Å². The van der Waals surface area contributed by atoms with Gasteiger partial charge in [0.15, 0.2) is 35.3 Å². The van der Waals surface area contributed by atoms with Crippen LogP contribution in [0.4, 0.5) is 0 Å². The van der Waals surface area contributed by atoms with Crippen LogP contribution in [0.1, 0.15) is 152 Å². The number of allylic oxidation sites excluding steroid dienone is 15. The van der Waals surface area contributed by atoms with Gasteiger partial charge in [0.25, 0.3) is 22.7 Å². The minimum atomic E-state index is -4.72. The second-order valence-electron chi connectivity index (χ2n) is 32.8. The van der Waals surface area contributed by atoms with E-state index < -0.39 is 145 Å². The first-order chi connectivity index (χ1) is 57.2. The normalized spacial score (nSPS) is 29.1. The Morgan fingerprint density at radius 1 is 0.639 bits per heavy atom. The molecule has 27 nitrogen and oxygen atoms in total. The molecule has 2 fully saturated rings. The number of hydrogen-bond donors (Lipinski definition) is 12. The maximum absolute atomic E-state index is 15.3. The molecule has 28 heteroatoms. The molecule has 10 aliphatic carbocycles. The summed E-state index contributed by atoms with van der Waals surface area (Å²) in [5.74, 6) is -6.54. The molecule has 12 N–H and O–H groups in total. The first kappa shape index (κ1) is 81.3. The summed E-state index contributed by atoms with van der Waals surface area (Å²) in [5.41, 5.74) is 6.20. The topological polar surface area (TPSA) is 436 Å². The molecule has 624 valence electrons. The molecule has 0 amide bonds. The van der Waals surface area contributed by atoms with Crippen molar-refractivity contribution in [1.82, 2.24) is 0 Å². The second kappa shape index (κ2) is 31.8. The number of carbonyl (C=O) groups is 5. The number of carboxylic acids is 1. The number of rotatable bonds is 22. The van der Waals surface area contributed by atoms with Gasteiger partial charge in [0.1, 0.15) is 77.0 Å². The summed E-state index contributed by atoms with van der Waals surface area (Å²) in [7, 11) is -1.71. The molecule has 14 aliphatic rings. The van der Waals surface area contributed by atoms with Gasteiger partial charge in [-0.05, 0) is 210 Å². The van der Waals surface area contributed by atoms with Crippen molar-refractivity contribution in [2.75, 3.05) is 39.8 Å². The van der Waals surface area contributed by atoms with Crippen molar-refractivity contribution in [2.24, 2.45) is 29.6 Å². The van der Waals surface area contributed by atoms with Crippen molar-refractivity contribution >= 4 is 89.1 Å². The maximum atomic E-state index is 15.3. The van der Waals surface area contributed by atoms with E-state index in [-0.39, 0.29) is 97.9 Å². The van der Waals surface area contributed by atoms with Crippen LogP contribution < -0.4 is 24.6 Å². The Kier molecular flexibility index (Phi) is 21.8. The molecular formula is C91H92O27S. The van der Waals surface area contributed by atoms with Crippen molar-refractivity contribution in [3.8, 4) is 17.2 Å². The summed E-state index contributed by atoms with van der Waals surface area (Å²) in [6, 6.07) is 5.18. The van der Waals surface area contributed by atoms with Crippen LogP contribution in [-0.4, -0.2) is 193 Å². The molecule has 2 saturated carbocycles. The molecule has 0 radical (unpaired) electrons. The van der Waals surface area contributed by atoms with E-state index in [1.165, 1.54) is 45.0 Å². The number of carbonyl (C=O) groups excluding carboxylic acids is 4. The van der Waals surface area contributed by atoms with Crippen LogP contribution in [0, 0.1) is 29.6 Å². The molecule has 4 aromatic carbocycles. The lowest BCUT2D eigenvalue weighted by Crippen LogP contribution is -2.46. The highest BCUT2D eigenvalue weighted by molar-refractivity contribution is 7.86. The van der Waals surface area contributed by atoms with Crippen LogP contribution in [-0.2, 0) is 66.0 Å². The van der Waals surface area contributed by atoms with Gasteiger partial charge in [-0.15, -0.1) is 0 Å². The number of methoxy groups -OCH3 is 2. The van der Waals surface area contributed by atoms with Crippen LogP contribution in [0.3, 0.4) is 0 Å². The van der Waals surface area contributed by atoms with Crippen molar-refractivity contribution in [3.63, 3.8) is 0 Å². The third-order valence-corrected chi connectivity index (χ3v) is 26.6. The first-order valence-electron chi connectivity index (χ1n) is 40.5. The van der Waals surface area contributed by atoms with Crippen LogP contribution >= 0.6 is 0 Å². The van der Waals surface area contributed by atoms with Gasteiger partial charge in [-0.3, -0.25) is 23.7 Å². The number of ketones is 4. The Morgan fingerprint density at radius 3 is 1.90 bits per heavy atom. The van der Waals surface area contributed by atoms with Crippen LogP contribution in [0.2, 0.25) is 0 Å². The number of aliphatic hydroxyl groups is 10. The predicted molar refractivity (Wildman–Crippen MR) is 429 cm³/mol. The molecule has 0 spiro atoms. The molecule has 4 heterocycles. The summed E-state index contributed by atoms with van der Waals surface area (Å²) >= 11 is 0. The van der Waals surface area contributed by atoms with Gasteiger partial charge in [-0.2, -0.15) is 8.42 Å². The monoisotopic (exact) mass is 1650 g/mol. The van der Waals surface area contributed by atoms with E-state index in [9.17, 15) is 83.5 Å². The number of hydrogen-bond acceptors (Lipinski definition) is 25. The van der Waals surface area contributed by atoms with Gasteiger partial charge >= 0.3 is 5.97 Å². The third-order valence-electron chi connectivity index (χ3n) is 25.9. The molecular weight excluding hydrogens is 1560 g/mol. The average Bonchev–Trinajstić information content (AvgIpc) is 0.678. The highest BCUT2D eigenvalue weighted by Gasteiger charge is 2.52. The van der Waals surface area contributed by atoms with Crippen LogP contribution in [0.15, 0.2) is 154 Å². The summed E-state index contributed by atoms with van der Waals surface area (Å²) in [5, 5.41) is 121. The number of aliphatic hydroxyl groups excluding tert-OH is 10. The maximum Gasteiger partial charge on any atom is 0.340 e. The smallest absolute Gasteiger partial charge is 0.340 e. The lowest BCUT2D eigenvalue weighted by Gasteiger charge is -2.43. The van der Waals surface area contributed by atoms with E-state index in [2.05, 4.69) is 0 Å². The van der Waals surface area contributed by atoms with E-state index in [0.29, 0.717) is 161 Å². The van der Waals surface area contributed by atoms with Crippen LogP contribution in [0.5, 0.6) is 17.2 Å². The van der Waals surface area contributed by atoms with Crippen LogP contribution in [0.25, 0.3) is 49.9 Å². The fourth-order valence-electron chi connectivity index (χ4n) is 20.4. The SMILES string of the molecule is CCc1c2c3c4c(cc(C(=O)C5CCC(O)C(C)C5)c5c4c1OC=C5)C(C(=O)C1C=CCCC1)=C1C=C(CS(=O)(=O)O)C=C(C(OC4OC(CO)=CC(O)C4O)=C2C(=O)O)C13.COc1cc2c3c4c(c(CO)c(OC5OC(CO)=CC(O)C5O)c3c1)=C(CO)C1=C3C(=C(C(=O)C5CCC(O)C(OC)C5)C=C(C=2C(=O)C2C=CCCC2)C34)C=CO1. The standard InChI is InChI=1S/C46H46O14S.C45H46O13/c1-3-25-35-38-33-28(14-21(19-61(55,56)57)15-30(33)44(39(35)45(53)54)60-46-42(52)32(49)16-24(18-47)59-46)34(41(51)22-7-5-4-6-8-22)29-17-27(26-11-12-58-43(25)37(26)36(29)38)40(50)23-9-10-31(48)20(2)13-23;1-54-22-13-26-34-28(14-22)43(58-45-42(53)32(50)15-23(17-46)57-45)29(18-47)35-30(19-48)44-38-24(10-11-56-44)25(40(51)21-8-9-31(49)33(12-21)55-2)16-27(37(38)39(34)35)36(26)41(52)20-6-4-3-5-7-20/h5,7,11-12,14-17,20,22-23,31-33,42,46-49,52H,3-4,6,8-10,13,18-19H2,1-2H3,(H,53,54)(H,55,56,57);4,6,10-11,13-16,20-21,31-33,37,42,45-50,53H,3,5,7-9,12,17-19H2,1-2H3.